The number of pyridine rings is 1. The second-order valence-corrected chi connectivity index (χ2v) is 12.2. The van der Waals surface area contributed by atoms with Gasteiger partial charge in [-0.25, -0.2) is 4.39 Å². The topological polar surface area (TPSA) is 74.6 Å². The molecular formula is C32H35ClFN5O2. The van der Waals surface area contributed by atoms with Crippen molar-refractivity contribution in [3.8, 4) is 23.0 Å². The summed E-state index contributed by atoms with van der Waals surface area (Å²) in [4.78, 5) is 19.2. The molecule has 7 rings (SSSR count). The maximum Gasteiger partial charge on any atom is 0.317 e. The number of likely N-dealkylation sites (tertiary alicyclic amines) is 1. The number of phenols is 1. The van der Waals surface area contributed by atoms with E-state index in [0.717, 1.165) is 64.1 Å². The number of fused-ring (bicyclic) bond motifs is 3. The standard InChI is InChI=1S/C32H35ClFN5O2/c1-2-38-14-8-20(9-15-38)28-24-18-35-29(23-17-22(40)16-21-6-3-7-25(33)26(21)23)27(34)30(24)37-31(36-28)41-19-32-10-4-12-39(32)13-5-11-32/h3,6-7,16-18,20,40H,2,4-5,8-15,19H2,1H3. The molecule has 7 nitrogen and oxygen atoms in total. The Labute approximate surface area is 244 Å². The minimum atomic E-state index is -0.560. The number of hydrogen-bond acceptors (Lipinski definition) is 7. The first kappa shape index (κ1) is 26.8. The molecule has 41 heavy (non-hydrogen) atoms. The van der Waals surface area contributed by atoms with Gasteiger partial charge in [-0.15, -0.1) is 0 Å². The molecule has 3 aliphatic heterocycles. The zero-order valence-corrected chi connectivity index (χ0v) is 24.1. The van der Waals surface area contributed by atoms with E-state index in [1.165, 1.54) is 18.9 Å². The van der Waals surface area contributed by atoms with Gasteiger partial charge in [-0.05, 0) is 94.8 Å². The largest absolute Gasteiger partial charge is 0.508 e. The lowest BCUT2D eigenvalue weighted by molar-refractivity contribution is 0.107. The Morgan fingerprint density at radius 2 is 1.88 bits per heavy atom. The number of aromatic hydroxyl groups is 1. The van der Waals surface area contributed by atoms with Gasteiger partial charge in [-0.2, -0.15) is 9.97 Å². The van der Waals surface area contributed by atoms with Crippen LogP contribution in [0.1, 0.15) is 57.1 Å². The Hall–Kier alpha value is -3.07. The Kier molecular flexibility index (Phi) is 6.96. The number of hydrogen-bond donors (Lipinski definition) is 1. The summed E-state index contributed by atoms with van der Waals surface area (Å²) in [7, 11) is 0. The summed E-state index contributed by atoms with van der Waals surface area (Å²) >= 11 is 6.57. The number of halogens is 2. The van der Waals surface area contributed by atoms with Crippen LogP contribution < -0.4 is 4.74 Å². The molecule has 214 valence electrons. The molecule has 0 saturated carbocycles. The molecule has 0 radical (unpaired) electrons. The van der Waals surface area contributed by atoms with E-state index >= 15 is 4.39 Å². The highest BCUT2D eigenvalue weighted by Crippen LogP contribution is 2.41. The molecule has 5 heterocycles. The summed E-state index contributed by atoms with van der Waals surface area (Å²) in [6, 6.07) is 8.76. The predicted molar refractivity (Wildman–Crippen MR) is 159 cm³/mol. The maximum atomic E-state index is 16.6. The molecule has 0 unspecified atom stereocenters. The smallest absolute Gasteiger partial charge is 0.317 e. The summed E-state index contributed by atoms with van der Waals surface area (Å²) < 4.78 is 23.0. The molecule has 0 spiro atoms. The molecule has 9 heteroatoms. The molecule has 3 aliphatic rings. The van der Waals surface area contributed by atoms with Crippen LogP contribution in [0.3, 0.4) is 0 Å². The molecule has 0 amide bonds. The van der Waals surface area contributed by atoms with Crippen molar-refractivity contribution in [2.24, 2.45) is 0 Å². The van der Waals surface area contributed by atoms with E-state index in [0.29, 0.717) is 33.4 Å². The minimum absolute atomic E-state index is 0.0167. The third kappa shape index (κ3) is 4.70. The van der Waals surface area contributed by atoms with Gasteiger partial charge in [0.15, 0.2) is 5.82 Å². The summed E-state index contributed by atoms with van der Waals surface area (Å²) in [5, 5.41) is 12.9. The van der Waals surface area contributed by atoms with Gasteiger partial charge in [0.25, 0.3) is 0 Å². The van der Waals surface area contributed by atoms with Crippen LogP contribution in [0.15, 0.2) is 36.5 Å². The molecule has 2 aromatic heterocycles. The van der Waals surface area contributed by atoms with Gasteiger partial charge in [-0.1, -0.05) is 30.7 Å². The van der Waals surface area contributed by atoms with E-state index in [1.54, 1.807) is 24.4 Å². The highest BCUT2D eigenvalue weighted by molar-refractivity contribution is 6.36. The first-order valence-corrected chi connectivity index (χ1v) is 15.2. The van der Waals surface area contributed by atoms with Crippen molar-refractivity contribution in [1.82, 2.24) is 24.8 Å². The molecule has 0 aliphatic carbocycles. The van der Waals surface area contributed by atoms with Crippen molar-refractivity contribution < 1.29 is 14.2 Å². The monoisotopic (exact) mass is 575 g/mol. The fourth-order valence-corrected chi connectivity index (χ4v) is 7.64. The molecule has 2 aromatic carbocycles. The molecule has 3 fully saturated rings. The molecule has 0 bridgehead atoms. The Morgan fingerprint density at radius 3 is 2.63 bits per heavy atom. The molecule has 3 saturated heterocycles. The third-order valence-corrected chi connectivity index (χ3v) is 9.88. The van der Waals surface area contributed by atoms with E-state index in [4.69, 9.17) is 21.3 Å². The van der Waals surface area contributed by atoms with Crippen LogP contribution in [-0.4, -0.2) is 74.7 Å². The van der Waals surface area contributed by atoms with E-state index in [-0.39, 0.29) is 34.4 Å². The normalized spacial score (nSPS) is 19.8. The zero-order chi connectivity index (χ0) is 28.1. The third-order valence-electron chi connectivity index (χ3n) is 9.56. The lowest BCUT2D eigenvalue weighted by Crippen LogP contribution is -2.43. The second-order valence-electron chi connectivity index (χ2n) is 11.8. The maximum absolute atomic E-state index is 16.6. The van der Waals surface area contributed by atoms with Crippen LogP contribution in [0.4, 0.5) is 4.39 Å². The van der Waals surface area contributed by atoms with Gasteiger partial charge >= 0.3 is 6.01 Å². The molecule has 0 atom stereocenters. The van der Waals surface area contributed by atoms with E-state index < -0.39 is 5.82 Å². The minimum Gasteiger partial charge on any atom is -0.508 e. The van der Waals surface area contributed by atoms with Crippen LogP contribution in [0.2, 0.25) is 5.02 Å². The molecular weight excluding hydrogens is 541 g/mol. The van der Waals surface area contributed by atoms with Crippen molar-refractivity contribution in [1.29, 1.82) is 0 Å². The first-order valence-electron chi connectivity index (χ1n) is 14.8. The first-order chi connectivity index (χ1) is 20.0. The van der Waals surface area contributed by atoms with Crippen molar-refractivity contribution in [2.75, 3.05) is 39.3 Å². The van der Waals surface area contributed by atoms with Gasteiger partial charge < -0.3 is 14.7 Å². The number of rotatable bonds is 6. The highest BCUT2D eigenvalue weighted by atomic mass is 35.5. The van der Waals surface area contributed by atoms with E-state index in [9.17, 15) is 5.11 Å². The zero-order valence-electron chi connectivity index (χ0n) is 23.4. The summed E-state index contributed by atoms with van der Waals surface area (Å²) in [5.74, 6) is -0.375. The summed E-state index contributed by atoms with van der Waals surface area (Å²) in [5.41, 5.74) is 1.56. The quantitative estimate of drug-likeness (QED) is 0.279. The number of aromatic nitrogens is 3. The number of piperidine rings is 1. The average molecular weight is 576 g/mol. The van der Waals surface area contributed by atoms with Gasteiger partial charge in [-0.3, -0.25) is 9.88 Å². The lowest BCUT2D eigenvalue weighted by Gasteiger charge is -2.32. The fourth-order valence-electron chi connectivity index (χ4n) is 7.36. The van der Waals surface area contributed by atoms with E-state index in [2.05, 4.69) is 26.7 Å². The Bertz CT molecular complexity index is 1610. The van der Waals surface area contributed by atoms with Crippen molar-refractivity contribution in [2.45, 2.75) is 56.9 Å². The molecule has 4 aromatic rings. The van der Waals surface area contributed by atoms with Crippen molar-refractivity contribution >= 4 is 33.3 Å². The Balaban J connectivity index is 1.34. The van der Waals surface area contributed by atoms with Gasteiger partial charge in [0.05, 0.1) is 11.2 Å². The lowest BCUT2D eigenvalue weighted by atomic mass is 9.91. The summed E-state index contributed by atoms with van der Waals surface area (Å²) in [6.07, 6.45) is 8.12. The van der Waals surface area contributed by atoms with E-state index in [1.807, 2.05) is 6.07 Å². The van der Waals surface area contributed by atoms with Crippen LogP contribution in [-0.2, 0) is 0 Å². The number of ether oxygens (including phenoxy) is 1. The molecule has 1 N–H and O–H groups in total. The van der Waals surface area contributed by atoms with Crippen LogP contribution in [0.5, 0.6) is 11.8 Å². The van der Waals surface area contributed by atoms with Gasteiger partial charge in [0, 0.05) is 33.5 Å². The second kappa shape index (κ2) is 10.6. The van der Waals surface area contributed by atoms with Crippen LogP contribution in [0.25, 0.3) is 32.9 Å². The van der Waals surface area contributed by atoms with Gasteiger partial charge in [0.1, 0.15) is 23.6 Å². The predicted octanol–water partition coefficient (Wildman–Crippen LogP) is 6.55. The Morgan fingerprint density at radius 1 is 1.10 bits per heavy atom. The van der Waals surface area contributed by atoms with Crippen LogP contribution in [0, 0.1) is 5.82 Å². The number of nitrogens with zero attached hydrogens (tertiary/aromatic N) is 5. The SMILES string of the molecule is CCN1CCC(c2nc(OCC34CCCN3CCC4)nc3c(F)c(-c4cc(O)cc5cccc(Cl)c45)ncc23)CC1. The van der Waals surface area contributed by atoms with Crippen LogP contribution >= 0.6 is 11.6 Å². The van der Waals surface area contributed by atoms with Crippen molar-refractivity contribution in [3.05, 3.63) is 53.1 Å². The number of phenolic OH excluding ortho intramolecular Hbond substituents is 1. The summed E-state index contributed by atoms with van der Waals surface area (Å²) in [6.45, 7) is 7.87. The van der Waals surface area contributed by atoms with Crippen molar-refractivity contribution in [3.63, 3.8) is 0 Å². The average Bonchev–Trinajstić information content (AvgIpc) is 3.56. The fraction of sp³-hybridized carbons (Fsp3) is 0.469. The highest BCUT2D eigenvalue weighted by Gasteiger charge is 2.45. The number of benzene rings is 2. The van der Waals surface area contributed by atoms with Gasteiger partial charge in [0.2, 0.25) is 0 Å².